The Morgan fingerprint density at radius 2 is 1.44 bits per heavy atom. The summed E-state index contributed by atoms with van der Waals surface area (Å²) in [5, 5.41) is 11.9. The van der Waals surface area contributed by atoms with E-state index in [9.17, 15) is 30.4 Å². The van der Waals surface area contributed by atoms with E-state index in [0.717, 1.165) is 0 Å². The van der Waals surface area contributed by atoms with Crippen LogP contribution in [0.2, 0.25) is 0 Å². The number of ether oxygens (including phenoxy) is 1. The van der Waals surface area contributed by atoms with Crippen LogP contribution in [0.3, 0.4) is 0 Å². The molecule has 2 aromatic rings. The van der Waals surface area contributed by atoms with Crippen LogP contribution in [0, 0.1) is 40.4 Å². The van der Waals surface area contributed by atoms with E-state index in [-0.39, 0.29) is 5.56 Å². The lowest BCUT2D eigenvalue weighted by molar-refractivity contribution is 0.318. The summed E-state index contributed by atoms with van der Waals surface area (Å²) in [6.07, 6.45) is 0. The number of nitriles is 1. The Balaban J connectivity index is 2.47. The van der Waals surface area contributed by atoms with E-state index in [1.807, 2.05) is 0 Å². The second-order valence-electron chi connectivity index (χ2n) is 4.71. The largest absolute Gasteiger partial charge is 0.497 e. The van der Waals surface area contributed by atoms with Crippen molar-refractivity contribution in [3.8, 4) is 11.8 Å². The van der Waals surface area contributed by atoms with E-state index in [0.29, 0.717) is 5.75 Å². The predicted octanol–water partition coefficient (Wildman–Crippen LogP) is 3.02. The van der Waals surface area contributed by atoms with Gasteiger partial charge in [-0.25, -0.2) is 22.0 Å². The van der Waals surface area contributed by atoms with Crippen LogP contribution in [-0.2, 0) is 14.4 Å². The number of benzene rings is 2. The maximum atomic E-state index is 13.6. The highest BCUT2D eigenvalue weighted by atomic mass is 32.2. The topological polar surface area (TPSA) is 88.8 Å². The molecule has 0 saturated heterocycles. The van der Waals surface area contributed by atoms with Gasteiger partial charge in [0.15, 0.2) is 33.9 Å². The molecule has 0 N–H and O–H groups in total. The van der Waals surface area contributed by atoms with Crippen molar-refractivity contribution in [2.75, 3.05) is 7.11 Å². The van der Waals surface area contributed by atoms with Gasteiger partial charge in [-0.15, -0.1) is 0 Å². The molecule has 12 heteroatoms. The minimum atomic E-state index is -5.57. The zero-order valence-corrected chi connectivity index (χ0v) is 14.0. The van der Waals surface area contributed by atoms with Crippen molar-refractivity contribution in [2.45, 2.75) is 4.90 Å². The van der Waals surface area contributed by atoms with Gasteiger partial charge in [0, 0.05) is 5.56 Å². The van der Waals surface area contributed by atoms with Gasteiger partial charge in [-0.1, -0.05) is 5.16 Å². The highest BCUT2D eigenvalue weighted by molar-refractivity contribution is 7.86. The molecular weight excluding hydrogens is 399 g/mol. The van der Waals surface area contributed by atoms with Crippen LogP contribution in [0.15, 0.2) is 34.3 Å². The van der Waals surface area contributed by atoms with Crippen LogP contribution in [0.25, 0.3) is 0 Å². The molecule has 0 aliphatic carbocycles. The van der Waals surface area contributed by atoms with Crippen molar-refractivity contribution >= 4 is 15.8 Å². The third-order valence-corrected chi connectivity index (χ3v) is 4.24. The second kappa shape index (κ2) is 7.58. The van der Waals surface area contributed by atoms with Gasteiger partial charge in [-0.3, -0.25) is 4.28 Å². The molecule has 0 spiro atoms. The molecule has 0 aromatic heterocycles. The van der Waals surface area contributed by atoms with Gasteiger partial charge in [0.25, 0.3) is 0 Å². The van der Waals surface area contributed by atoms with Gasteiger partial charge in [0.05, 0.1) is 7.11 Å². The average Bonchev–Trinajstić information content (AvgIpc) is 2.65. The fourth-order valence-corrected chi connectivity index (χ4v) is 2.68. The predicted molar refractivity (Wildman–Crippen MR) is 79.6 cm³/mol. The van der Waals surface area contributed by atoms with Gasteiger partial charge in [0.2, 0.25) is 5.82 Å². The van der Waals surface area contributed by atoms with E-state index < -0.39 is 49.8 Å². The number of rotatable bonds is 5. The third kappa shape index (κ3) is 3.82. The van der Waals surface area contributed by atoms with Gasteiger partial charge < -0.3 is 4.74 Å². The summed E-state index contributed by atoms with van der Waals surface area (Å²) >= 11 is 0. The summed E-state index contributed by atoms with van der Waals surface area (Å²) in [6.45, 7) is 0. The summed E-state index contributed by atoms with van der Waals surface area (Å²) < 4.78 is 99.0. The lowest BCUT2D eigenvalue weighted by Gasteiger charge is -2.07. The van der Waals surface area contributed by atoms with Crippen LogP contribution >= 0.6 is 0 Å². The Morgan fingerprint density at radius 1 is 0.963 bits per heavy atom. The molecule has 0 unspecified atom stereocenters. The van der Waals surface area contributed by atoms with Crippen LogP contribution < -0.4 is 4.74 Å². The van der Waals surface area contributed by atoms with E-state index in [1.54, 1.807) is 0 Å². The number of oxime groups is 1. The molecule has 0 atom stereocenters. The molecule has 0 fully saturated rings. The smallest absolute Gasteiger partial charge is 0.364 e. The maximum absolute atomic E-state index is 13.6. The fraction of sp³-hybridized carbons (Fsp3) is 0.0667. The summed E-state index contributed by atoms with van der Waals surface area (Å²) in [7, 11) is -4.20. The molecule has 2 rings (SSSR count). The molecule has 0 bridgehead atoms. The van der Waals surface area contributed by atoms with Gasteiger partial charge in [-0.05, 0) is 24.3 Å². The number of hydrogen-bond donors (Lipinski definition) is 0. The third-order valence-electron chi connectivity index (χ3n) is 3.12. The first-order valence-electron chi connectivity index (χ1n) is 6.71. The first kappa shape index (κ1) is 20.1. The Labute approximate surface area is 149 Å². The van der Waals surface area contributed by atoms with E-state index in [1.165, 1.54) is 37.4 Å². The Kier molecular flexibility index (Phi) is 5.65. The molecule has 6 nitrogen and oxygen atoms in total. The van der Waals surface area contributed by atoms with Crippen molar-refractivity contribution in [1.82, 2.24) is 0 Å². The van der Waals surface area contributed by atoms with Crippen molar-refractivity contribution in [2.24, 2.45) is 5.16 Å². The molecular formula is C15H7F5N2O4S. The normalized spacial score (nSPS) is 11.8. The SMILES string of the molecule is COc1ccc(/C(C#N)=N/OS(=O)(=O)c2c(F)c(F)c(F)c(F)c2F)cc1. The van der Waals surface area contributed by atoms with E-state index >= 15 is 0 Å². The van der Waals surface area contributed by atoms with Gasteiger partial charge >= 0.3 is 10.1 Å². The molecule has 0 saturated carbocycles. The van der Waals surface area contributed by atoms with Crippen molar-refractivity contribution in [3.05, 3.63) is 58.9 Å². The molecule has 0 heterocycles. The minimum Gasteiger partial charge on any atom is -0.497 e. The number of hydrogen-bond acceptors (Lipinski definition) is 6. The van der Waals surface area contributed by atoms with Crippen molar-refractivity contribution < 1.29 is 39.4 Å². The summed E-state index contributed by atoms with van der Waals surface area (Å²) in [5.41, 5.74) is -0.615. The Morgan fingerprint density at radius 3 is 1.89 bits per heavy atom. The molecule has 0 aliphatic rings. The van der Waals surface area contributed by atoms with Crippen LogP contribution in [0.4, 0.5) is 22.0 Å². The zero-order valence-electron chi connectivity index (χ0n) is 13.1. The number of nitrogens with zero attached hydrogens (tertiary/aromatic N) is 2. The summed E-state index contributed by atoms with van der Waals surface area (Å²) in [5.74, 6) is -12.3. The first-order chi connectivity index (χ1) is 12.6. The number of halogens is 5. The van der Waals surface area contributed by atoms with Gasteiger partial charge in [-0.2, -0.15) is 13.7 Å². The first-order valence-corrected chi connectivity index (χ1v) is 8.12. The maximum Gasteiger partial charge on any atom is 0.364 e. The standard InChI is InChI=1S/C15H7F5N2O4S/c1-25-8-4-2-7(3-5-8)9(6-21)22-26-27(23,24)15-13(19)11(17)10(16)12(18)14(15)20/h2-5H,1H3/b22-9+. The summed E-state index contributed by atoms with van der Waals surface area (Å²) in [4.78, 5) is -2.23. The molecule has 0 radical (unpaired) electrons. The monoisotopic (exact) mass is 406 g/mol. The average molecular weight is 406 g/mol. The lowest BCUT2D eigenvalue weighted by Crippen LogP contribution is -2.14. The van der Waals surface area contributed by atoms with E-state index in [2.05, 4.69) is 9.44 Å². The van der Waals surface area contributed by atoms with Crippen molar-refractivity contribution in [3.63, 3.8) is 0 Å². The molecule has 2 aromatic carbocycles. The molecule has 0 amide bonds. The van der Waals surface area contributed by atoms with E-state index in [4.69, 9.17) is 10.00 Å². The summed E-state index contributed by atoms with van der Waals surface area (Å²) in [6, 6.07) is 6.82. The van der Waals surface area contributed by atoms with Crippen LogP contribution in [0.1, 0.15) is 5.56 Å². The second-order valence-corrected chi connectivity index (χ2v) is 6.17. The Bertz CT molecular complexity index is 1030. The highest BCUT2D eigenvalue weighted by Gasteiger charge is 2.35. The molecule has 27 heavy (non-hydrogen) atoms. The van der Waals surface area contributed by atoms with Crippen molar-refractivity contribution in [1.29, 1.82) is 5.26 Å². The highest BCUT2D eigenvalue weighted by Crippen LogP contribution is 2.28. The zero-order chi connectivity index (χ0) is 20.4. The molecule has 0 aliphatic heterocycles. The minimum absolute atomic E-state index is 0.0333. The lowest BCUT2D eigenvalue weighted by atomic mass is 10.1. The molecule has 142 valence electrons. The Hall–Kier alpha value is -3.20. The van der Waals surface area contributed by atoms with Crippen LogP contribution in [0.5, 0.6) is 5.75 Å². The number of methoxy groups -OCH3 is 1. The van der Waals surface area contributed by atoms with Gasteiger partial charge in [0.1, 0.15) is 11.8 Å². The fourth-order valence-electron chi connectivity index (χ4n) is 1.81. The van der Waals surface area contributed by atoms with Crippen LogP contribution in [-0.4, -0.2) is 21.2 Å². The quantitative estimate of drug-likeness (QED) is 0.250.